The van der Waals surface area contributed by atoms with Crippen LogP contribution in [0.4, 0.5) is 0 Å². The Balaban J connectivity index is 3.10. The second-order valence-corrected chi connectivity index (χ2v) is 7.11. The van der Waals surface area contributed by atoms with Crippen LogP contribution in [0, 0.1) is 0 Å². The molecule has 0 aromatic rings. The van der Waals surface area contributed by atoms with Crippen LogP contribution in [-0.2, 0) is 0 Å². The van der Waals surface area contributed by atoms with Crippen LogP contribution in [0.3, 0.4) is 0 Å². The van der Waals surface area contributed by atoms with Gasteiger partial charge in [0.15, 0.2) is 0 Å². The average Bonchev–Trinajstić information content (AvgIpc) is 2.48. The normalized spacial score (nSPS) is 14.2. The Bertz CT molecular complexity index is 204. The van der Waals surface area contributed by atoms with E-state index in [0.717, 1.165) is 32.1 Å². The third-order valence-corrected chi connectivity index (χ3v) is 4.55. The zero-order valence-electron chi connectivity index (χ0n) is 15.4. The van der Waals surface area contributed by atoms with E-state index >= 15 is 0 Å². The van der Waals surface area contributed by atoms with Gasteiger partial charge in [0, 0.05) is 0 Å². The molecule has 0 heterocycles. The quantitative estimate of drug-likeness (QED) is 0.324. The zero-order valence-corrected chi connectivity index (χ0v) is 15.4. The van der Waals surface area contributed by atoms with Crippen molar-refractivity contribution in [2.45, 2.75) is 129 Å². The summed E-state index contributed by atoms with van der Waals surface area (Å²) in [5.41, 5.74) is 0. The smallest absolute Gasteiger partial charge is 0.0540 e. The number of hydrogen-bond acceptors (Lipinski definition) is 2. The first kappa shape index (κ1) is 21.9. The maximum Gasteiger partial charge on any atom is 0.0540 e. The fraction of sp³-hybridized carbons (Fsp3) is 1.00. The number of rotatable bonds is 17. The van der Waals surface area contributed by atoms with E-state index in [1.807, 2.05) is 6.92 Å². The Morgan fingerprint density at radius 1 is 0.545 bits per heavy atom. The highest BCUT2D eigenvalue weighted by atomic mass is 16.3. The molecule has 0 saturated carbocycles. The molecule has 2 N–H and O–H groups in total. The van der Waals surface area contributed by atoms with Crippen LogP contribution in [0.15, 0.2) is 0 Å². The van der Waals surface area contributed by atoms with E-state index in [1.54, 1.807) is 0 Å². The van der Waals surface area contributed by atoms with Crippen LogP contribution in [0.5, 0.6) is 0 Å². The van der Waals surface area contributed by atoms with Gasteiger partial charge in [-0.15, -0.1) is 0 Å². The molecule has 0 aliphatic rings. The summed E-state index contributed by atoms with van der Waals surface area (Å²) in [7, 11) is 0. The van der Waals surface area contributed by atoms with Crippen molar-refractivity contribution in [3.05, 3.63) is 0 Å². The van der Waals surface area contributed by atoms with E-state index in [1.165, 1.54) is 70.6 Å². The largest absolute Gasteiger partial charge is 0.393 e. The highest BCUT2D eigenvalue weighted by Crippen LogP contribution is 2.14. The molecule has 0 aromatic heterocycles. The Morgan fingerprint density at radius 3 is 1.41 bits per heavy atom. The number of hydrogen-bond donors (Lipinski definition) is 2. The lowest BCUT2D eigenvalue weighted by Gasteiger charge is -2.11. The molecule has 0 saturated heterocycles. The van der Waals surface area contributed by atoms with Gasteiger partial charge in [-0.2, -0.15) is 0 Å². The molecular formula is C20H42O2. The van der Waals surface area contributed by atoms with Gasteiger partial charge in [-0.3, -0.25) is 0 Å². The maximum atomic E-state index is 9.84. The summed E-state index contributed by atoms with van der Waals surface area (Å²) in [4.78, 5) is 0. The van der Waals surface area contributed by atoms with Crippen LogP contribution in [-0.4, -0.2) is 22.4 Å². The highest BCUT2D eigenvalue weighted by Gasteiger charge is 2.05. The van der Waals surface area contributed by atoms with Crippen molar-refractivity contribution in [2.75, 3.05) is 0 Å². The number of aliphatic hydroxyl groups is 2. The van der Waals surface area contributed by atoms with E-state index in [9.17, 15) is 10.2 Å². The summed E-state index contributed by atoms with van der Waals surface area (Å²) in [5, 5.41) is 19.0. The molecule has 0 rings (SSSR count). The van der Waals surface area contributed by atoms with Crippen molar-refractivity contribution in [3.63, 3.8) is 0 Å². The van der Waals surface area contributed by atoms with Crippen LogP contribution in [0.25, 0.3) is 0 Å². The van der Waals surface area contributed by atoms with Crippen molar-refractivity contribution in [2.24, 2.45) is 0 Å². The molecule has 0 fully saturated rings. The van der Waals surface area contributed by atoms with E-state index in [2.05, 4.69) is 6.92 Å². The van der Waals surface area contributed by atoms with Gasteiger partial charge in [-0.25, -0.2) is 0 Å². The van der Waals surface area contributed by atoms with Gasteiger partial charge >= 0.3 is 0 Å². The molecule has 0 bridgehead atoms. The average molecular weight is 315 g/mol. The first-order valence-corrected chi connectivity index (χ1v) is 10.0. The van der Waals surface area contributed by atoms with Crippen molar-refractivity contribution in [3.8, 4) is 0 Å². The van der Waals surface area contributed by atoms with E-state index in [-0.39, 0.29) is 12.2 Å². The first-order chi connectivity index (χ1) is 10.7. The summed E-state index contributed by atoms with van der Waals surface area (Å²) in [5.74, 6) is 0. The number of aliphatic hydroxyl groups excluding tert-OH is 2. The predicted molar refractivity (Wildman–Crippen MR) is 97.2 cm³/mol. The SMILES string of the molecule is CCCCCCCCCCCCCCC(O)CCCC(C)O. The molecule has 2 nitrogen and oxygen atoms in total. The molecule has 0 radical (unpaired) electrons. The van der Waals surface area contributed by atoms with Crippen LogP contribution >= 0.6 is 0 Å². The van der Waals surface area contributed by atoms with Gasteiger partial charge in [-0.05, 0) is 32.6 Å². The molecule has 22 heavy (non-hydrogen) atoms. The first-order valence-electron chi connectivity index (χ1n) is 10.0. The summed E-state index contributed by atoms with van der Waals surface area (Å²) < 4.78 is 0. The van der Waals surface area contributed by atoms with E-state index in [0.29, 0.717) is 0 Å². The van der Waals surface area contributed by atoms with Crippen LogP contribution in [0.2, 0.25) is 0 Å². The molecule has 2 heteroatoms. The van der Waals surface area contributed by atoms with E-state index in [4.69, 9.17) is 0 Å². The molecule has 2 atom stereocenters. The van der Waals surface area contributed by atoms with E-state index < -0.39 is 0 Å². The zero-order chi connectivity index (χ0) is 16.5. The molecular weight excluding hydrogens is 272 g/mol. The van der Waals surface area contributed by atoms with Gasteiger partial charge in [0.25, 0.3) is 0 Å². The van der Waals surface area contributed by atoms with Crippen LogP contribution < -0.4 is 0 Å². The predicted octanol–water partition coefficient (Wildman–Crippen LogP) is 5.99. The van der Waals surface area contributed by atoms with Crippen molar-refractivity contribution in [1.29, 1.82) is 0 Å². The Labute approximate surface area is 139 Å². The third-order valence-electron chi connectivity index (χ3n) is 4.55. The molecule has 134 valence electrons. The maximum absolute atomic E-state index is 9.84. The molecule has 0 aromatic carbocycles. The molecule has 0 spiro atoms. The molecule has 0 aliphatic heterocycles. The Morgan fingerprint density at radius 2 is 0.955 bits per heavy atom. The monoisotopic (exact) mass is 314 g/mol. The summed E-state index contributed by atoms with van der Waals surface area (Å²) in [6, 6.07) is 0. The lowest BCUT2D eigenvalue weighted by molar-refractivity contribution is 0.133. The lowest BCUT2D eigenvalue weighted by atomic mass is 10.0. The topological polar surface area (TPSA) is 40.5 Å². The fourth-order valence-corrected chi connectivity index (χ4v) is 3.01. The van der Waals surface area contributed by atoms with Gasteiger partial charge in [-0.1, -0.05) is 84.0 Å². The highest BCUT2D eigenvalue weighted by molar-refractivity contribution is 4.58. The second-order valence-electron chi connectivity index (χ2n) is 7.11. The van der Waals surface area contributed by atoms with Gasteiger partial charge in [0.2, 0.25) is 0 Å². The molecule has 0 amide bonds. The van der Waals surface area contributed by atoms with Crippen LogP contribution in [0.1, 0.15) is 117 Å². The standard InChI is InChI=1S/C20H42O2/c1-3-4-5-6-7-8-9-10-11-12-13-14-17-20(22)18-15-16-19(2)21/h19-22H,3-18H2,1-2H3. The van der Waals surface area contributed by atoms with Crippen molar-refractivity contribution < 1.29 is 10.2 Å². The minimum Gasteiger partial charge on any atom is -0.393 e. The fourth-order valence-electron chi connectivity index (χ4n) is 3.01. The summed E-state index contributed by atoms with van der Waals surface area (Å²) in [6.45, 7) is 4.09. The van der Waals surface area contributed by atoms with Crippen molar-refractivity contribution >= 4 is 0 Å². The Hall–Kier alpha value is -0.0800. The Kier molecular flexibility index (Phi) is 17.2. The number of unbranched alkanes of at least 4 members (excludes halogenated alkanes) is 11. The van der Waals surface area contributed by atoms with Gasteiger partial charge in [0.05, 0.1) is 12.2 Å². The van der Waals surface area contributed by atoms with Crippen molar-refractivity contribution in [1.82, 2.24) is 0 Å². The minimum absolute atomic E-state index is 0.151. The minimum atomic E-state index is -0.223. The van der Waals surface area contributed by atoms with Gasteiger partial charge < -0.3 is 10.2 Å². The summed E-state index contributed by atoms with van der Waals surface area (Å²) >= 11 is 0. The summed E-state index contributed by atoms with van der Waals surface area (Å²) in [6.07, 6.45) is 19.6. The molecule has 0 aliphatic carbocycles. The third kappa shape index (κ3) is 18.0. The second kappa shape index (κ2) is 17.3. The molecule has 2 unspecified atom stereocenters. The van der Waals surface area contributed by atoms with Gasteiger partial charge in [0.1, 0.15) is 0 Å². The lowest BCUT2D eigenvalue weighted by Crippen LogP contribution is -2.08.